The van der Waals surface area contributed by atoms with Gasteiger partial charge in [0.2, 0.25) is 0 Å². The number of nitrogens with zero attached hydrogens (tertiary/aromatic N) is 3. The predicted molar refractivity (Wildman–Crippen MR) is 124 cm³/mol. The van der Waals surface area contributed by atoms with E-state index in [9.17, 15) is 4.79 Å². The number of aromatic nitrogens is 4. The van der Waals surface area contributed by atoms with E-state index in [0.29, 0.717) is 40.3 Å². The fraction of sp³-hybridized carbons (Fsp3) is 0.217. The van der Waals surface area contributed by atoms with Crippen LogP contribution in [0.15, 0.2) is 36.7 Å². The lowest BCUT2D eigenvalue weighted by Gasteiger charge is -2.17. The van der Waals surface area contributed by atoms with Crippen LogP contribution in [0.1, 0.15) is 28.5 Å². The van der Waals surface area contributed by atoms with E-state index in [1.54, 1.807) is 12.4 Å². The second kappa shape index (κ2) is 8.12. The molecule has 0 saturated heterocycles. The normalized spacial score (nSPS) is 13.0. The van der Waals surface area contributed by atoms with Crippen LogP contribution in [0.25, 0.3) is 22.3 Å². The Labute approximate surface area is 189 Å². The lowest BCUT2D eigenvalue weighted by Crippen LogP contribution is -2.31. The highest BCUT2D eigenvalue weighted by Gasteiger charge is 2.28. The third kappa shape index (κ3) is 3.33. The average Bonchev–Trinajstić information content (AvgIpc) is 3.17. The van der Waals surface area contributed by atoms with Gasteiger partial charge < -0.3 is 20.4 Å². The Morgan fingerprint density at radius 3 is 2.94 bits per heavy atom. The molecule has 162 valence electrons. The molecule has 1 amide bonds. The Hall–Kier alpha value is -3.65. The molecular formula is C23H21ClN6O2. The number of hydrogen-bond donors (Lipinski definition) is 3. The summed E-state index contributed by atoms with van der Waals surface area (Å²) >= 11 is 6.44. The third-order valence-electron chi connectivity index (χ3n) is 5.61. The molecule has 9 heteroatoms. The molecular weight excluding hydrogens is 428 g/mol. The van der Waals surface area contributed by atoms with Gasteiger partial charge in [0.15, 0.2) is 0 Å². The Bertz CT molecular complexity index is 1350. The second-order valence-corrected chi connectivity index (χ2v) is 7.84. The summed E-state index contributed by atoms with van der Waals surface area (Å²) in [5.41, 5.74) is 6.78. The van der Waals surface area contributed by atoms with Crippen LogP contribution in [-0.4, -0.2) is 39.5 Å². The van der Waals surface area contributed by atoms with E-state index in [1.165, 1.54) is 7.11 Å². The van der Waals surface area contributed by atoms with Crippen LogP contribution in [0.5, 0.6) is 6.01 Å². The van der Waals surface area contributed by atoms with Gasteiger partial charge in [0.05, 0.1) is 30.3 Å². The summed E-state index contributed by atoms with van der Waals surface area (Å²) in [6, 6.07) is 7.84. The van der Waals surface area contributed by atoms with Crippen LogP contribution in [0.4, 0.5) is 11.4 Å². The fourth-order valence-electron chi connectivity index (χ4n) is 4.10. The van der Waals surface area contributed by atoms with Crippen LogP contribution in [0, 0.1) is 0 Å². The quantitative estimate of drug-likeness (QED) is 0.421. The Balaban J connectivity index is 1.76. The van der Waals surface area contributed by atoms with E-state index in [4.69, 9.17) is 16.3 Å². The molecule has 3 aromatic heterocycles. The minimum Gasteiger partial charge on any atom is -0.467 e. The van der Waals surface area contributed by atoms with Gasteiger partial charge in [0, 0.05) is 41.1 Å². The number of ether oxygens (including phenoxy) is 1. The molecule has 4 aromatic rings. The molecule has 0 aliphatic carbocycles. The molecule has 4 heterocycles. The smallest absolute Gasteiger partial charge is 0.316 e. The summed E-state index contributed by atoms with van der Waals surface area (Å²) in [5, 5.41) is 7.11. The maximum Gasteiger partial charge on any atom is 0.316 e. The van der Waals surface area contributed by atoms with Gasteiger partial charge >= 0.3 is 6.01 Å². The van der Waals surface area contributed by atoms with Crippen molar-refractivity contribution >= 4 is 39.9 Å². The van der Waals surface area contributed by atoms with Gasteiger partial charge in [-0.1, -0.05) is 24.6 Å². The minimum absolute atomic E-state index is 0.123. The molecule has 0 atom stereocenters. The SMILES string of the molecule is CCc1c(Cl)cccc1Nc1c(-c2ccnc3cnc(OC)nc23)[nH]c2c1C(=O)NCC2. The molecule has 0 unspecified atom stereocenters. The highest BCUT2D eigenvalue weighted by Crippen LogP contribution is 2.40. The number of fused-ring (bicyclic) bond motifs is 2. The Morgan fingerprint density at radius 2 is 2.12 bits per heavy atom. The van der Waals surface area contributed by atoms with Crippen LogP contribution in [0.2, 0.25) is 5.02 Å². The maximum atomic E-state index is 12.9. The van der Waals surface area contributed by atoms with Gasteiger partial charge in [-0.2, -0.15) is 4.98 Å². The molecule has 0 spiro atoms. The number of anilines is 2. The highest BCUT2D eigenvalue weighted by molar-refractivity contribution is 6.31. The van der Waals surface area contributed by atoms with Crippen molar-refractivity contribution in [3.63, 3.8) is 0 Å². The number of halogens is 1. The van der Waals surface area contributed by atoms with Crippen LogP contribution < -0.4 is 15.4 Å². The molecule has 0 fully saturated rings. The van der Waals surface area contributed by atoms with Gasteiger partial charge in [-0.05, 0) is 30.2 Å². The largest absolute Gasteiger partial charge is 0.467 e. The molecule has 0 saturated carbocycles. The molecule has 32 heavy (non-hydrogen) atoms. The van der Waals surface area contributed by atoms with Gasteiger partial charge in [0.25, 0.3) is 5.91 Å². The predicted octanol–water partition coefficient (Wildman–Crippen LogP) is 4.27. The molecule has 0 radical (unpaired) electrons. The van der Waals surface area contributed by atoms with E-state index < -0.39 is 0 Å². The number of rotatable bonds is 5. The number of hydrogen-bond acceptors (Lipinski definition) is 6. The lowest BCUT2D eigenvalue weighted by molar-refractivity contribution is 0.0947. The Kier molecular flexibility index (Phi) is 5.14. The molecule has 1 aliphatic rings. The molecule has 1 aromatic carbocycles. The monoisotopic (exact) mass is 448 g/mol. The summed E-state index contributed by atoms with van der Waals surface area (Å²) in [5.74, 6) is -0.123. The topological polar surface area (TPSA) is 105 Å². The van der Waals surface area contributed by atoms with Crippen LogP contribution in [-0.2, 0) is 12.8 Å². The Morgan fingerprint density at radius 1 is 1.25 bits per heavy atom. The van der Waals surface area contributed by atoms with Gasteiger partial charge in [-0.15, -0.1) is 0 Å². The van der Waals surface area contributed by atoms with E-state index in [1.807, 2.05) is 31.2 Å². The number of nitrogens with one attached hydrogen (secondary N) is 3. The van der Waals surface area contributed by atoms with Crippen molar-refractivity contribution in [1.29, 1.82) is 0 Å². The summed E-state index contributed by atoms with van der Waals surface area (Å²) in [6.07, 6.45) is 4.78. The highest BCUT2D eigenvalue weighted by atomic mass is 35.5. The zero-order valence-corrected chi connectivity index (χ0v) is 18.4. The number of carbonyl (C=O) groups is 1. The van der Waals surface area contributed by atoms with Crippen molar-refractivity contribution < 1.29 is 9.53 Å². The zero-order chi connectivity index (χ0) is 22.2. The molecule has 5 rings (SSSR count). The zero-order valence-electron chi connectivity index (χ0n) is 17.6. The van der Waals surface area contributed by atoms with Crippen molar-refractivity contribution in [1.82, 2.24) is 25.3 Å². The van der Waals surface area contributed by atoms with Crippen LogP contribution >= 0.6 is 11.6 Å². The maximum absolute atomic E-state index is 12.9. The number of aromatic amines is 1. The first-order valence-corrected chi connectivity index (χ1v) is 10.7. The van der Waals surface area contributed by atoms with Crippen molar-refractivity contribution in [2.24, 2.45) is 0 Å². The van der Waals surface area contributed by atoms with Gasteiger partial charge in [-0.3, -0.25) is 9.78 Å². The summed E-state index contributed by atoms with van der Waals surface area (Å²) in [6.45, 7) is 2.63. The summed E-state index contributed by atoms with van der Waals surface area (Å²) in [4.78, 5) is 29.4. The lowest BCUT2D eigenvalue weighted by atomic mass is 10.0. The first-order chi connectivity index (χ1) is 15.6. The van der Waals surface area contributed by atoms with Crippen molar-refractivity contribution in [2.75, 3.05) is 19.0 Å². The van der Waals surface area contributed by atoms with E-state index in [0.717, 1.165) is 34.6 Å². The molecule has 1 aliphatic heterocycles. The van der Waals surface area contributed by atoms with Gasteiger partial charge in [0.1, 0.15) is 11.0 Å². The average molecular weight is 449 g/mol. The third-order valence-corrected chi connectivity index (χ3v) is 5.96. The summed E-state index contributed by atoms with van der Waals surface area (Å²) < 4.78 is 5.23. The van der Waals surface area contributed by atoms with Crippen molar-refractivity contribution in [3.8, 4) is 17.3 Å². The summed E-state index contributed by atoms with van der Waals surface area (Å²) in [7, 11) is 1.52. The van der Waals surface area contributed by atoms with E-state index in [2.05, 4.69) is 30.6 Å². The fourth-order valence-corrected chi connectivity index (χ4v) is 4.41. The number of amides is 1. The van der Waals surface area contributed by atoms with E-state index in [-0.39, 0.29) is 11.9 Å². The molecule has 3 N–H and O–H groups in total. The molecule has 0 bridgehead atoms. The number of H-pyrrole nitrogens is 1. The molecule has 8 nitrogen and oxygen atoms in total. The number of carbonyl (C=O) groups excluding carboxylic acids is 1. The van der Waals surface area contributed by atoms with Crippen molar-refractivity contribution in [3.05, 3.63) is 58.5 Å². The van der Waals surface area contributed by atoms with Gasteiger partial charge in [-0.25, -0.2) is 4.98 Å². The number of benzene rings is 1. The van der Waals surface area contributed by atoms with Crippen LogP contribution in [0.3, 0.4) is 0 Å². The van der Waals surface area contributed by atoms with Crippen molar-refractivity contribution in [2.45, 2.75) is 19.8 Å². The first-order valence-electron chi connectivity index (χ1n) is 10.3. The second-order valence-electron chi connectivity index (χ2n) is 7.43. The standard InChI is InChI=1S/C23H21ClN6O2/c1-3-12-14(24)5-4-6-15(12)28-21-18-16(8-10-26-22(18)31)29-20(21)13-7-9-25-17-11-27-23(32-2)30-19(13)17/h4-7,9,11,28-29H,3,8,10H2,1-2H3,(H,26,31). The minimum atomic E-state index is -0.123. The van der Waals surface area contributed by atoms with E-state index >= 15 is 0 Å². The number of methoxy groups -OCH3 is 1. The first kappa shape index (κ1) is 20.3. The number of pyridine rings is 1.